The van der Waals surface area contributed by atoms with Gasteiger partial charge in [0.15, 0.2) is 6.61 Å². The Labute approximate surface area is 292 Å². The number of hydrogen-bond donors (Lipinski definition) is 5. The van der Waals surface area contributed by atoms with Crippen molar-refractivity contribution < 1.29 is 48.0 Å². The maximum atomic E-state index is 13.7. The Balaban J connectivity index is 1.26. The first-order valence-electron chi connectivity index (χ1n) is 16.3. The molecule has 266 valence electrons. The van der Waals surface area contributed by atoms with Gasteiger partial charge < -0.3 is 35.6 Å². The lowest BCUT2D eigenvalue weighted by Crippen LogP contribution is -2.55. The highest BCUT2D eigenvalue weighted by Crippen LogP contribution is 2.46. The van der Waals surface area contributed by atoms with Gasteiger partial charge in [0.2, 0.25) is 11.8 Å². The van der Waals surface area contributed by atoms with Gasteiger partial charge in [-0.2, -0.15) is 0 Å². The number of carboxylic acid groups (broad SMARTS) is 1. The molecule has 0 saturated carbocycles. The van der Waals surface area contributed by atoms with E-state index in [0.717, 1.165) is 5.56 Å². The van der Waals surface area contributed by atoms with E-state index in [2.05, 4.69) is 10.6 Å². The highest BCUT2D eigenvalue weighted by atomic mass is 19.1. The lowest BCUT2D eigenvalue weighted by atomic mass is 9.78. The number of aliphatic hydroxyl groups excluding tert-OH is 1. The van der Waals surface area contributed by atoms with E-state index in [9.17, 15) is 43.3 Å². The highest BCUT2D eigenvalue weighted by molar-refractivity contribution is 6.03. The third kappa shape index (κ3) is 8.86. The molecule has 0 radical (unpaired) electrons. The van der Waals surface area contributed by atoms with Gasteiger partial charge in [0.1, 0.15) is 35.2 Å². The number of carboxylic acids is 1. The molecule has 1 heterocycles. The number of ether oxygens (including phenoxy) is 1. The predicted molar refractivity (Wildman–Crippen MR) is 181 cm³/mol. The molecule has 1 fully saturated rings. The first-order valence-corrected chi connectivity index (χ1v) is 16.3. The molecule has 4 aromatic carbocycles. The fourth-order valence-electron chi connectivity index (χ4n) is 5.96. The van der Waals surface area contributed by atoms with Gasteiger partial charge in [0.05, 0.1) is 18.1 Å². The molecule has 13 heteroatoms. The summed E-state index contributed by atoms with van der Waals surface area (Å²) in [4.78, 5) is 52.4. The second kappa shape index (κ2) is 16.3. The van der Waals surface area contributed by atoms with Gasteiger partial charge in [0.25, 0.3) is 5.91 Å². The number of carbonyl (C=O) groups is 4. The van der Waals surface area contributed by atoms with Crippen LogP contribution in [0.3, 0.4) is 0 Å². The zero-order valence-corrected chi connectivity index (χ0v) is 27.5. The van der Waals surface area contributed by atoms with Crippen LogP contribution in [0, 0.1) is 17.6 Å². The second-order valence-electron chi connectivity index (χ2n) is 12.1. The summed E-state index contributed by atoms with van der Waals surface area (Å²) >= 11 is 0. The molecule has 3 amide bonds. The average molecular weight is 702 g/mol. The Morgan fingerprint density at radius 3 is 2.02 bits per heavy atom. The number of phenolic OH excluding ortho intramolecular Hbond substituents is 1. The lowest BCUT2D eigenvalue weighted by Gasteiger charge is -2.48. The summed E-state index contributed by atoms with van der Waals surface area (Å²) < 4.78 is 32.7. The van der Waals surface area contributed by atoms with Gasteiger partial charge >= 0.3 is 5.97 Å². The Bertz CT molecular complexity index is 1840. The molecule has 1 saturated heterocycles. The third-order valence-electron chi connectivity index (χ3n) is 8.73. The highest BCUT2D eigenvalue weighted by Gasteiger charge is 2.48. The van der Waals surface area contributed by atoms with Crippen LogP contribution in [-0.2, 0) is 19.2 Å². The molecular weight excluding hydrogens is 664 g/mol. The van der Waals surface area contributed by atoms with Crippen molar-refractivity contribution in [2.45, 2.75) is 50.4 Å². The summed E-state index contributed by atoms with van der Waals surface area (Å²) in [5.74, 6) is -4.01. The zero-order valence-electron chi connectivity index (χ0n) is 27.5. The van der Waals surface area contributed by atoms with Gasteiger partial charge in [0, 0.05) is 5.69 Å². The Morgan fingerprint density at radius 2 is 1.43 bits per heavy atom. The van der Waals surface area contributed by atoms with Crippen LogP contribution in [0.1, 0.15) is 61.1 Å². The number of nitrogens with one attached hydrogen (secondary N) is 2. The molecule has 5 atom stereocenters. The SMILES string of the molecule is CCC(NC(=O)C(NC(=O)COc1ccc(C2C(CCC(O)c3ccc(F)cc3)C(=O)N2c2ccc(F)cc2)cc1)c1ccc(O)cc1)C(=O)O. The van der Waals surface area contributed by atoms with Gasteiger partial charge in [-0.15, -0.1) is 0 Å². The number of anilines is 1. The van der Waals surface area contributed by atoms with E-state index < -0.39 is 66.2 Å². The monoisotopic (exact) mass is 701 g/mol. The number of amides is 3. The standard InChI is InChI=1S/C38H37F2N3O8/c1-2-31(38(49)50)41-36(47)34(23-5-15-28(44)16-6-23)42-33(46)21-51-29-17-7-24(8-18-29)35-30(19-20-32(45)22-3-9-25(39)10-4-22)37(48)43(35)27-13-11-26(40)12-14-27/h3-18,30-32,34-35,44-45H,2,19-21H2,1H3,(H,41,47)(H,42,46)(H,49,50). The van der Waals surface area contributed by atoms with Gasteiger partial charge in [-0.05, 0) is 96.6 Å². The number of aromatic hydroxyl groups is 1. The minimum atomic E-state index is -1.27. The minimum absolute atomic E-state index is 0.0612. The van der Waals surface area contributed by atoms with E-state index in [-0.39, 0.29) is 24.5 Å². The number of nitrogens with zero attached hydrogens (tertiary/aromatic N) is 1. The molecule has 0 bridgehead atoms. The Hall–Kier alpha value is -5.82. The third-order valence-corrected chi connectivity index (χ3v) is 8.73. The van der Waals surface area contributed by atoms with E-state index in [0.29, 0.717) is 29.0 Å². The normalized spacial score (nSPS) is 17.1. The Kier molecular flexibility index (Phi) is 11.6. The van der Waals surface area contributed by atoms with Crippen molar-refractivity contribution in [1.29, 1.82) is 0 Å². The summed E-state index contributed by atoms with van der Waals surface area (Å²) in [6.45, 7) is 1.10. The van der Waals surface area contributed by atoms with Crippen LogP contribution in [0.25, 0.3) is 0 Å². The maximum Gasteiger partial charge on any atom is 0.326 e. The van der Waals surface area contributed by atoms with E-state index in [4.69, 9.17) is 4.74 Å². The number of hydrogen-bond acceptors (Lipinski definition) is 7. The van der Waals surface area contributed by atoms with Crippen LogP contribution >= 0.6 is 0 Å². The van der Waals surface area contributed by atoms with Crippen LogP contribution in [0.5, 0.6) is 11.5 Å². The molecule has 11 nitrogen and oxygen atoms in total. The van der Waals surface area contributed by atoms with Gasteiger partial charge in [-0.25, -0.2) is 13.6 Å². The number of halogens is 2. The van der Waals surface area contributed by atoms with Crippen molar-refractivity contribution in [2.75, 3.05) is 11.5 Å². The van der Waals surface area contributed by atoms with Crippen LogP contribution in [0.2, 0.25) is 0 Å². The number of rotatable bonds is 15. The predicted octanol–water partition coefficient (Wildman–Crippen LogP) is 5.10. The molecule has 0 aromatic heterocycles. The fraction of sp³-hybridized carbons (Fsp3) is 0.263. The van der Waals surface area contributed by atoms with Crippen molar-refractivity contribution >= 4 is 29.4 Å². The topological polar surface area (TPSA) is 166 Å². The molecule has 1 aliphatic rings. The van der Waals surface area contributed by atoms with Crippen molar-refractivity contribution in [2.24, 2.45) is 5.92 Å². The average Bonchev–Trinajstić information content (AvgIpc) is 3.12. The van der Waals surface area contributed by atoms with Crippen LogP contribution in [0.4, 0.5) is 14.5 Å². The molecule has 5 rings (SSSR count). The lowest BCUT2D eigenvalue weighted by molar-refractivity contribution is -0.142. The molecule has 0 aliphatic carbocycles. The summed E-state index contributed by atoms with van der Waals surface area (Å²) in [6, 6.07) is 20.4. The Morgan fingerprint density at radius 1 is 0.843 bits per heavy atom. The largest absolute Gasteiger partial charge is 0.508 e. The van der Waals surface area contributed by atoms with E-state index in [1.54, 1.807) is 36.1 Å². The van der Waals surface area contributed by atoms with E-state index in [1.165, 1.54) is 72.8 Å². The summed E-state index contributed by atoms with van der Waals surface area (Å²) in [6.07, 6.45) is -0.235. The number of aliphatic hydroxyl groups is 1. The quantitative estimate of drug-likeness (QED) is 0.107. The van der Waals surface area contributed by atoms with Crippen LogP contribution in [-0.4, -0.2) is 51.7 Å². The zero-order chi connectivity index (χ0) is 36.7. The van der Waals surface area contributed by atoms with Crippen molar-refractivity contribution in [3.05, 3.63) is 125 Å². The summed E-state index contributed by atoms with van der Waals surface area (Å²) in [5.41, 5.74) is 2.06. The van der Waals surface area contributed by atoms with Crippen molar-refractivity contribution in [3.63, 3.8) is 0 Å². The van der Waals surface area contributed by atoms with Crippen LogP contribution < -0.4 is 20.3 Å². The number of β-lactam (4-membered cyclic amide) rings is 1. The first-order chi connectivity index (χ1) is 24.4. The van der Waals surface area contributed by atoms with E-state index >= 15 is 0 Å². The molecule has 1 aliphatic heterocycles. The molecule has 5 unspecified atom stereocenters. The number of aliphatic carboxylic acids is 1. The second-order valence-corrected chi connectivity index (χ2v) is 12.1. The fourth-order valence-corrected chi connectivity index (χ4v) is 5.96. The van der Waals surface area contributed by atoms with E-state index in [1.807, 2.05) is 0 Å². The number of phenols is 1. The van der Waals surface area contributed by atoms with Crippen LogP contribution in [0.15, 0.2) is 97.1 Å². The van der Waals surface area contributed by atoms with Gasteiger partial charge in [-0.1, -0.05) is 43.3 Å². The minimum Gasteiger partial charge on any atom is -0.508 e. The maximum absolute atomic E-state index is 13.7. The first kappa shape index (κ1) is 36.5. The molecule has 5 N–H and O–H groups in total. The van der Waals surface area contributed by atoms with Crippen molar-refractivity contribution in [3.8, 4) is 11.5 Å². The molecule has 51 heavy (non-hydrogen) atoms. The summed E-state index contributed by atoms with van der Waals surface area (Å²) in [7, 11) is 0. The molecule has 0 spiro atoms. The molecular formula is C38H37F2N3O8. The van der Waals surface area contributed by atoms with Gasteiger partial charge in [-0.3, -0.25) is 14.4 Å². The smallest absolute Gasteiger partial charge is 0.326 e. The molecule has 4 aromatic rings. The number of carbonyl (C=O) groups excluding carboxylic acids is 3. The summed E-state index contributed by atoms with van der Waals surface area (Å²) in [5, 5.41) is 34.7. The van der Waals surface area contributed by atoms with Crippen molar-refractivity contribution in [1.82, 2.24) is 10.6 Å². The number of benzene rings is 4.